The maximum atomic E-state index is 6.52. The molecule has 160 valence electrons. The van der Waals surface area contributed by atoms with Gasteiger partial charge in [0, 0.05) is 32.5 Å². The van der Waals surface area contributed by atoms with E-state index in [4.69, 9.17) is 9.47 Å². The van der Waals surface area contributed by atoms with Crippen molar-refractivity contribution >= 4 is 0 Å². The van der Waals surface area contributed by atoms with Gasteiger partial charge in [0.05, 0.1) is 12.7 Å². The van der Waals surface area contributed by atoms with E-state index in [1.165, 1.54) is 38.8 Å². The van der Waals surface area contributed by atoms with Crippen LogP contribution in [0.4, 0.5) is 0 Å². The van der Waals surface area contributed by atoms with Gasteiger partial charge in [-0.1, -0.05) is 54.9 Å². The molecule has 0 aromatic rings. The Labute approximate surface area is 169 Å². The largest absolute Gasteiger partial charge is 0.347 e. The van der Waals surface area contributed by atoms with Gasteiger partial charge in [0.25, 0.3) is 0 Å². The first-order valence-electron chi connectivity index (χ1n) is 11.7. The molecule has 27 heavy (non-hydrogen) atoms. The number of hydrogen-bond acceptors (Lipinski definition) is 3. The van der Waals surface area contributed by atoms with E-state index < -0.39 is 0 Å². The summed E-state index contributed by atoms with van der Waals surface area (Å²) < 4.78 is 12.8. The molecule has 1 aliphatic heterocycles. The summed E-state index contributed by atoms with van der Waals surface area (Å²) in [6.45, 7) is 20.8. The fourth-order valence-corrected chi connectivity index (χ4v) is 5.33. The first kappa shape index (κ1) is 23.2. The average molecular weight is 382 g/mol. The van der Waals surface area contributed by atoms with E-state index in [1.54, 1.807) is 0 Å². The molecule has 1 aliphatic carbocycles. The lowest BCUT2D eigenvalue weighted by Crippen LogP contribution is -2.40. The first-order valence-corrected chi connectivity index (χ1v) is 11.7. The summed E-state index contributed by atoms with van der Waals surface area (Å²) in [7, 11) is 0. The Morgan fingerprint density at radius 3 is 2.15 bits per heavy atom. The first-order chi connectivity index (χ1) is 12.7. The lowest BCUT2D eigenvalue weighted by atomic mass is 9.68. The highest BCUT2D eigenvalue weighted by Gasteiger charge is 2.46. The summed E-state index contributed by atoms with van der Waals surface area (Å²) in [5, 5.41) is 0. The summed E-state index contributed by atoms with van der Waals surface area (Å²) in [4.78, 5) is 2.62. The van der Waals surface area contributed by atoms with Crippen LogP contribution in [0.2, 0.25) is 0 Å². The molecular formula is C24H47NO2. The molecule has 3 nitrogen and oxygen atoms in total. The van der Waals surface area contributed by atoms with Gasteiger partial charge in [-0.2, -0.15) is 0 Å². The topological polar surface area (TPSA) is 21.7 Å². The Morgan fingerprint density at radius 2 is 1.63 bits per heavy atom. The van der Waals surface area contributed by atoms with Gasteiger partial charge in [-0.05, 0) is 48.9 Å². The molecule has 2 aliphatic rings. The van der Waals surface area contributed by atoms with Crippen LogP contribution in [0.3, 0.4) is 0 Å². The number of ether oxygens (including phenoxy) is 2. The van der Waals surface area contributed by atoms with E-state index in [-0.39, 0.29) is 11.9 Å². The van der Waals surface area contributed by atoms with Crippen molar-refractivity contribution in [3.05, 3.63) is 0 Å². The fourth-order valence-electron chi connectivity index (χ4n) is 5.33. The molecule has 1 atom stereocenters. The summed E-state index contributed by atoms with van der Waals surface area (Å²) in [6.07, 6.45) is 8.69. The average Bonchev–Trinajstić information content (AvgIpc) is 2.95. The molecule has 0 radical (unpaired) electrons. The third-order valence-corrected chi connectivity index (χ3v) is 6.67. The number of hydrogen-bond donors (Lipinski definition) is 0. The second-order valence-electron chi connectivity index (χ2n) is 10.8. The standard InChI is InChI=1S/C24H47NO2/c1-8-12-23(6,7)21-9-13-24(14-10-21)26-18-22(27-24)11-15-25(16-19(2)3)17-20(4)5/h19-22H,8-18H2,1-7H3. The minimum absolute atomic E-state index is 0.260. The second kappa shape index (κ2) is 10.1. The zero-order valence-corrected chi connectivity index (χ0v) is 19.4. The lowest BCUT2D eigenvalue weighted by Gasteiger charge is -2.42. The van der Waals surface area contributed by atoms with Crippen molar-refractivity contribution < 1.29 is 9.47 Å². The van der Waals surface area contributed by atoms with Gasteiger partial charge >= 0.3 is 0 Å². The summed E-state index contributed by atoms with van der Waals surface area (Å²) in [6, 6.07) is 0. The Hall–Kier alpha value is -0.120. The van der Waals surface area contributed by atoms with Gasteiger partial charge in [-0.3, -0.25) is 0 Å². The predicted octanol–water partition coefficient (Wildman–Crippen LogP) is 6.12. The van der Waals surface area contributed by atoms with E-state index >= 15 is 0 Å². The normalized spacial score (nSPS) is 29.6. The molecule has 1 spiro atoms. The fraction of sp³-hybridized carbons (Fsp3) is 1.00. The molecule has 1 saturated heterocycles. The molecular weight excluding hydrogens is 334 g/mol. The van der Waals surface area contributed by atoms with Gasteiger partial charge in [-0.25, -0.2) is 0 Å². The van der Waals surface area contributed by atoms with Gasteiger partial charge in [0.15, 0.2) is 5.79 Å². The molecule has 0 N–H and O–H groups in total. The zero-order chi connectivity index (χ0) is 20.1. The SMILES string of the molecule is CCCC(C)(C)C1CCC2(CC1)OCC(CCN(CC(C)C)CC(C)C)O2. The monoisotopic (exact) mass is 381 g/mol. The van der Waals surface area contributed by atoms with Crippen LogP contribution in [0, 0.1) is 23.2 Å². The summed E-state index contributed by atoms with van der Waals surface area (Å²) >= 11 is 0. The van der Waals surface area contributed by atoms with Crippen LogP contribution in [0.25, 0.3) is 0 Å². The lowest BCUT2D eigenvalue weighted by molar-refractivity contribution is -0.197. The third-order valence-electron chi connectivity index (χ3n) is 6.67. The highest BCUT2D eigenvalue weighted by atomic mass is 16.7. The van der Waals surface area contributed by atoms with E-state index in [1.807, 2.05) is 0 Å². The molecule has 0 bridgehead atoms. The molecule has 1 saturated carbocycles. The van der Waals surface area contributed by atoms with Gasteiger partial charge in [0.2, 0.25) is 0 Å². The van der Waals surface area contributed by atoms with E-state index in [9.17, 15) is 0 Å². The number of rotatable bonds is 10. The molecule has 1 heterocycles. The van der Waals surface area contributed by atoms with Gasteiger partial charge in [-0.15, -0.1) is 0 Å². The Morgan fingerprint density at radius 1 is 1.04 bits per heavy atom. The smallest absolute Gasteiger partial charge is 0.168 e. The van der Waals surface area contributed by atoms with E-state index in [0.29, 0.717) is 5.41 Å². The Kier molecular flexibility index (Phi) is 8.64. The predicted molar refractivity (Wildman–Crippen MR) is 115 cm³/mol. The van der Waals surface area contributed by atoms with Gasteiger partial charge in [0.1, 0.15) is 0 Å². The molecule has 0 aromatic heterocycles. The van der Waals surface area contributed by atoms with Gasteiger partial charge < -0.3 is 14.4 Å². The molecule has 2 rings (SSSR count). The second-order valence-corrected chi connectivity index (χ2v) is 10.8. The Balaban J connectivity index is 1.79. The van der Waals surface area contributed by atoms with E-state index in [0.717, 1.165) is 50.2 Å². The zero-order valence-electron chi connectivity index (χ0n) is 19.4. The van der Waals surface area contributed by atoms with Crippen LogP contribution in [0.1, 0.15) is 93.4 Å². The van der Waals surface area contributed by atoms with Crippen molar-refractivity contribution in [1.29, 1.82) is 0 Å². The van der Waals surface area contributed by atoms with Crippen LogP contribution in [-0.2, 0) is 9.47 Å². The Bertz CT molecular complexity index is 414. The van der Waals surface area contributed by atoms with Crippen molar-refractivity contribution in [2.75, 3.05) is 26.2 Å². The van der Waals surface area contributed by atoms with Crippen LogP contribution in [-0.4, -0.2) is 43.0 Å². The van der Waals surface area contributed by atoms with Crippen LogP contribution < -0.4 is 0 Å². The van der Waals surface area contributed by atoms with E-state index in [2.05, 4.69) is 53.4 Å². The quantitative estimate of drug-likeness (QED) is 0.455. The maximum Gasteiger partial charge on any atom is 0.168 e. The van der Waals surface area contributed by atoms with Crippen LogP contribution in [0.15, 0.2) is 0 Å². The summed E-state index contributed by atoms with van der Waals surface area (Å²) in [5.41, 5.74) is 0.461. The summed E-state index contributed by atoms with van der Waals surface area (Å²) in [5.74, 6) is 2.00. The molecule has 1 unspecified atom stereocenters. The van der Waals surface area contributed by atoms with Crippen molar-refractivity contribution in [2.45, 2.75) is 105 Å². The minimum atomic E-state index is -0.260. The van der Waals surface area contributed by atoms with Crippen LogP contribution in [0.5, 0.6) is 0 Å². The molecule has 3 heteroatoms. The van der Waals surface area contributed by atoms with Crippen LogP contribution >= 0.6 is 0 Å². The number of nitrogens with zero attached hydrogens (tertiary/aromatic N) is 1. The molecule has 2 fully saturated rings. The third kappa shape index (κ3) is 7.01. The van der Waals surface area contributed by atoms with Crippen molar-refractivity contribution in [3.8, 4) is 0 Å². The highest BCUT2D eigenvalue weighted by Crippen LogP contribution is 2.47. The molecule has 0 amide bonds. The van der Waals surface area contributed by atoms with Crippen molar-refractivity contribution in [3.63, 3.8) is 0 Å². The highest BCUT2D eigenvalue weighted by molar-refractivity contribution is 4.90. The molecule has 0 aromatic carbocycles. The van der Waals surface area contributed by atoms with Crippen molar-refractivity contribution in [2.24, 2.45) is 23.2 Å². The maximum absolute atomic E-state index is 6.52. The minimum Gasteiger partial charge on any atom is -0.347 e. The van der Waals surface area contributed by atoms with Crippen molar-refractivity contribution in [1.82, 2.24) is 4.90 Å².